The molecule has 0 spiro atoms. The molecule has 0 aliphatic rings. The van der Waals surface area contributed by atoms with E-state index >= 15 is 0 Å². The van der Waals surface area contributed by atoms with Crippen LogP contribution in [0.4, 0.5) is 0 Å². The van der Waals surface area contributed by atoms with Crippen LogP contribution in [-0.4, -0.2) is 15.1 Å². The number of imidazole rings is 1. The van der Waals surface area contributed by atoms with Crippen LogP contribution in [0.3, 0.4) is 0 Å². The molecule has 0 aliphatic carbocycles. The van der Waals surface area contributed by atoms with Gasteiger partial charge in [0.05, 0.1) is 0 Å². The summed E-state index contributed by atoms with van der Waals surface area (Å²) in [6, 6.07) is 0. The van der Waals surface area contributed by atoms with Gasteiger partial charge in [0.25, 0.3) is 0 Å². The topological polar surface area (TPSA) is 63.8 Å². The lowest BCUT2D eigenvalue weighted by atomic mass is 9.94. The predicted octanol–water partition coefficient (Wildman–Crippen LogP) is 0.694. The smallest absolute Gasteiger partial charge is 0.324 e. The lowest BCUT2D eigenvalue weighted by Crippen LogP contribution is -2.44. The van der Waals surface area contributed by atoms with Crippen LogP contribution in [0.1, 0.15) is 26.7 Å². The highest BCUT2D eigenvalue weighted by Gasteiger charge is 2.21. The molecule has 4 heteroatoms. The number of H-pyrrole nitrogens is 1. The molecule has 0 saturated heterocycles. The maximum Gasteiger partial charge on any atom is 0.325 e. The molecule has 4 nitrogen and oxygen atoms in total. The van der Waals surface area contributed by atoms with Gasteiger partial charge >= 0.3 is 5.69 Å². The molecule has 0 aliphatic heterocycles. The molecule has 0 saturated carbocycles. The first kappa shape index (κ1) is 10.1. The fourth-order valence-electron chi connectivity index (χ4n) is 1.29. The van der Waals surface area contributed by atoms with Gasteiger partial charge in [0.1, 0.15) is 0 Å². The molecule has 0 aromatic carbocycles. The van der Waals surface area contributed by atoms with E-state index in [9.17, 15) is 4.79 Å². The Labute approximate surface area is 77.8 Å². The first-order valence-corrected chi connectivity index (χ1v) is 4.64. The predicted molar refractivity (Wildman–Crippen MR) is 52.6 cm³/mol. The fourth-order valence-corrected chi connectivity index (χ4v) is 1.29. The van der Waals surface area contributed by atoms with Crippen molar-refractivity contribution in [2.75, 3.05) is 0 Å². The minimum Gasteiger partial charge on any atom is -0.324 e. The van der Waals surface area contributed by atoms with E-state index in [-0.39, 0.29) is 11.2 Å². The highest BCUT2D eigenvalue weighted by molar-refractivity contribution is 4.85. The minimum absolute atomic E-state index is 0.0864. The number of nitrogens with zero attached hydrogens (tertiary/aromatic N) is 1. The van der Waals surface area contributed by atoms with Gasteiger partial charge in [0, 0.05) is 24.5 Å². The molecule has 0 bridgehead atoms. The normalized spacial score (nSPS) is 11.9. The van der Waals surface area contributed by atoms with Crippen LogP contribution in [0, 0.1) is 0 Å². The summed E-state index contributed by atoms with van der Waals surface area (Å²) in [5, 5.41) is 0. The van der Waals surface area contributed by atoms with E-state index < -0.39 is 0 Å². The number of nitrogens with one attached hydrogen (secondary N) is 1. The number of nitrogens with two attached hydrogens (primary N) is 1. The van der Waals surface area contributed by atoms with E-state index in [0.717, 1.165) is 12.8 Å². The number of aromatic nitrogens is 2. The van der Waals surface area contributed by atoms with Gasteiger partial charge in [0.2, 0.25) is 0 Å². The second kappa shape index (κ2) is 3.79. The van der Waals surface area contributed by atoms with Crippen molar-refractivity contribution in [3.05, 3.63) is 22.9 Å². The molecular weight excluding hydrogens is 166 g/mol. The average molecular weight is 183 g/mol. The molecule has 74 valence electrons. The molecule has 1 aromatic heterocycles. The Morgan fingerprint density at radius 1 is 1.54 bits per heavy atom. The van der Waals surface area contributed by atoms with Gasteiger partial charge in [-0.1, -0.05) is 13.8 Å². The zero-order valence-electron chi connectivity index (χ0n) is 8.21. The highest BCUT2D eigenvalue weighted by atomic mass is 16.1. The van der Waals surface area contributed by atoms with E-state index in [2.05, 4.69) is 4.98 Å². The number of aromatic amines is 1. The Kier molecular flexibility index (Phi) is 2.93. The third-order valence-electron chi connectivity index (χ3n) is 2.62. The molecule has 13 heavy (non-hydrogen) atoms. The summed E-state index contributed by atoms with van der Waals surface area (Å²) in [4.78, 5) is 13.8. The number of hydrogen-bond acceptors (Lipinski definition) is 2. The standard InChI is InChI=1S/C9H17N3O/c1-3-9(10,4-2)7-12-6-5-11-8(12)13/h5-6H,3-4,7,10H2,1-2H3,(H,11,13). The number of hydrogen-bond donors (Lipinski definition) is 2. The Morgan fingerprint density at radius 3 is 2.54 bits per heavy atom. The zero-order valence-corrected chi connectivity index (χ0v) is 8.21. The summed E-state index contributed by atoms with van der Waals surface area (Å²) < 4.78 is 1.62. The highest BCUT2D eigenvalue weighted by Crippen LogP contribution is 2.12. The maximum atomic E-state index is 11.2. The van der Waals surface area contributed by atoms with Crippen LogP contribution >= 0.6 is 0 Å². The monoisotopic (exact) mass is 183 g/mol. The van der Waals surface area contributed by atoms with Crippen molar-refractivity contribution in [1.29, 1.82) is 0 Å². The lowest BCUT2D eigenvalue weighted by molar-refractivity contribution is 0.335. The van der Waals surface area contributed by atoms with Crippen LogP contribution in [0.2, 0.25) is 0 Å². The van der Waals surface area contributed by atoms with Gasteiger partial charge in [-0.2, -0.15) is 0 Å². The second-order valence-electron chi connectivity index (χ2n) is 3.46. The first-order chi connectivity index (χ1) is 6.11. The Hall–Kier alpha value is -1.03. The van der Waals surface area contributed by atoms with Crippen molar-refractivity contribution in [2.24, 2.45) is 5.73 Å². The second-order valence-corrected chi connectivity index (χ2v) is 3.46. The molecule has 0 radical (unpaired) electrons. The van der Waals surface area contributed by atoms with Gasteiger partial charge in [-0.05, 0) is 12.8 Å². The summed E-state index contributed by atoms with van der Waals surface area (Å²) >= 11 is 0. The van der Waals surface area contributed by atoms with Crippen LogP contribution < -0.4 is 11.4 Å². The van der Waals surface area contributed by atoms with Crippen molar-refractivity contribution < 1.29 is 0 Å². The van der Waals surface area contributed by atoms with Gasteiger partial charge in [-0.15, -0.1) is 0 Å². The SMILES string of the molecule is CCC(N)(CC)Cn1cc[nH]c1=O. The van der Waals surface area contributed by atoms with Crippen LogP contribution in [0.25, 0.3) is 0 Å². The quantitative estimate of drug-likeness (QED) is 0.721. The molecular formula is C9H17N3O. The van der Waals surface area contributed by atoms with Gasteiger partial charge in [0.15, 0.2) is 0 Å². The van der Waals surface area contributed by atoms with E-state index in [1.165, 1.54) is 0 Å². The van der Waals surface area contributed by atoms with E-state index in [1.54, 1.807) is 17.0 Å². The molecule has 0 atom stereocenters. The van der Waals surface area contributed by atoms with Crippen LogP contribution in [0.5, 0.6) is 0 Å². The Balaban J connectivity index is 2.79. The largest absolute Gasteiger partial charge is 0.325 e. The maximum absolute atomic E-state index is 11.2. The van der Waals surface area contributed by atoms with Gasteiger partial charge in [-0.3, -0.25) is 4.57 Å². The van der Waals surface area contributed by atoms with Gasteiger partial charge in [-0.25, -0.2) is 4.79 Å². The van der Waals surface area contributed by atoms with Crippen molar-refractivity contribution >= 4 is 0 Å². The fraction of sp³-hybridized carbons (Fsp3) is 0.667. The van der Waals surface area contributed by atoms with E-state index in [4.69, 9.17) is 5.73 Å². The van der Waals surface area contributed by atoms with Gasteiger partial charge < -0.3 is 10.7 Å². The molecule has 3 N–H and O–H groups in total. The third kappa shape index (κ3) is 2.21. The molecule has 0 fully saturated rings. The molecule has 0 amide bonds. The minimum atomic E-state index is -0.258. The van der Waals surface area contributed by atoms with Crippen molar-refractivity contribution in [3.63, 3.8) is 0 Å². The molecule has 1 heterocycles. The van der Waals surface area contributed by atoms with Crippen LogP contribution in [-0.2, 0) is 6.54 Å². The van der Waals surface area contributed by atoms with E-state index in [0.29, 0.717) is 6.54 Å². The van der Waals surface area contributed by atoms with Crippen molar-refractivity contribution in [1.82, 2.24) is 9.55 Å². The zero-order chi connectivity index (χ0) is 9.90. The lowest BCUT2D eigenvalue weighted by Gasteiger charge is -2.26. The summed E-state index contributed by atoms with van der Waals surface area (Å²) in [5.74, 6) is 0. The summed E-state index contributed by atoms with van der Waals surface area (Å²) in [6.45, 7) is 4.67. The molecule has 1 aromatic rings. The average Bonchev–Trinajstić information content (AvgIpc) is 2.52. The molecule has 1 rings (SSSR count). The summed E-state index contributed by atoms with van der Waals surface area (Å²) in [7, 11) is 0. The van der Waals surface area contributed by atoms with Crippen molar-refractivity contribution in [2.45, 2.75) is 38.8 Å². The Morgan fingerprint density at radius 2 is 2.15 bits per heavy atom. The molecule has 0 unspecified atom stereocenters. The summed E-state index contributed by atoms with van der Waals surface area (Å²) in [6.07, 6.45) is 5.12. The summed E-state index contributed by atoms with van der Waals surface area (Å²) in [5.41, 5.74) is 5.74. The number of rotatable bonds is 4. The Bertz CT molecular complexity index is 309. The van der Waals surface area contributed by atoms with E-state index in [1.807, 2.05) is 13.8 Å². The van der Waals surface area contributed by atoms with Crippen molar-refractivity contribution in [3.8, 4) is 0 Å². The first-order valence-electron chi connectivity index (χ1n) is 4.64. The third-order valence-corrected chi connectivity index (χ3v) is 2.62. The van der Waals surface area contributed by atoms with Crippen LogP contribution in [0.15, 0.2) is 17.2 Å².